The third-order valence-electron chi connectivity index (χ3n) is 3.76. The van der Waals surface area contributed by atoms with Crippen molar-refractivity contribution in [3.05, 3.63) is 17.0 Å². The van der Waals surface area contributed by atoms with E-state index >= 15 is 0 Å². The first-order valence-corrected chi connectivity index (χ1v) is 8.14. The van der Waals surface area contributed by atoms with E-state index in [2.05, 4.69) is 5.16 Å². The van der Waals surface area contributed by atoms with Gasteiger partial charge >= 0.3 is 5.97 Å². The number of nitrogens with zero attached hydrogens (tertiary/aromatic N) is 1. The van der Waals surface area contributed by atoms with Crippen LogP contribution in [0.5, 0.6) is 0 Å². The molecule has 0 bridgehead atoms. The highest BCUT2D eigenvalue weighted by molar-refractivity contribution is 5.89. The summed E-state index contributed by atoms with van der Waals surface area (Å²) in [6.45, 7) is 11.9. The van der Waals surface area contributed by atoms with E-state index in [1.807, 2.05) is 13.8 Å². The van der Waals surface area contributed by atoms with Crippen molar-refractivity contribution in [1.82, 2.24) is 5.16 Å². The lowest BCUT2D eigenvalue weighted by Crippen LogP contribution is -2.45. The minimum absolute atomic E-state index is 0.0262. The second-order valence-electron chi connectivity index (χ2n) is 7.73. The number of aliphatic hydroxyl groups is 1. The summed E-state index contributed by atoms with van der Waals surface area (Å²) in [5.74, 6) is -1.43. The van der Waals surface area contributed by atoms with Crippen molar-refractivity contribution in [2.75, 3.05) is 19.8 Å². The monoisotopic (exact) mass is 341 g/mol. The van der Waals surface area contributed by atoms with Gasteiger partial charge in [0.05, 0.1) is 31.0 Å². The molecule has 1 N–H and O–H groups in total. The van der Waals surface area contributed by atoms with Crippen molar-refractivity contribution < 1.29 is 28.6 Å². The zero-order chi connectivity index (χ0) is 18.2. The number of hydrogen-bond acceptors (Lipinski definition) is 7. The Kier molecular flexibility index (Phi) is 5.09. The van der Waals surface area contributed by atoms with Crippen LogP contribution < -0.4 is 0 Å². The summed E-state index contributed by atoms with van der Waals surface area (Å²) in [4.78, 5) is 12.2. The number of esters is 1. The van der Waals surface area contributed by atoms with Gasteiger partial charge < -0.3 is 23.8 Å². The van der Waals surface area contributed by atoms with Gasteiger partial charge in [0.2, 0.25) is 0 Å². The molecule has 0 spiro atoms. The fourth-order valence-corrected chi connectivity index (χ4v) is 2.54. The Morgan fingerprint density at radius 2 is 1.88 bits per heavy atom. The summed E-state index contributed by atoms with van der Waals surface area (Å²) in [5.41, 5.74) is -0.751. The standard InChI is InChI=1S/C17H27NO6/c1-7-21-14(19)13-12(11(24-18-13)8-16(4,5)20)17(6)22-9-15(2,3)10-23-17/h20H,7-10H2,1-6H3. The fourth-order valence-electron chi connectivity index (χ4n) is 2.54. The Balaban J connectivity index is 2.44. The van der Waals surface area contributed by atoms with Gasteiger partial charge in [0.15, 0.2) is 11.5 Å². The maximum atomic E-state index is 12.2. The van der Waals surface area contributed by atoms with Crippen molar-refractivity contribution in [3.63, 3.8) is 0 Å². The topological polar surface area (TPSA) is 91.0 Å². The van der Waals surface area contributed by atoms with Crippen LogP contribution >= 0.6 is 0 Å². The molecule has 0 aromatic carbocycles. The molecule has 0 saturated carbocycles. The van der Waals surface area contributed by atoms with Crippen LogP contribution in [0.1, 0.15) is 63.4 Å². The molecule has 2 rings (SSSR count). The van der Waals surface area contributed by atoms with Crippen LogP contribution in [-0.2, 0) is 26.4 Å². The van der Waals surface area contributed by atoms with Gasteiger partial charge in [0.1, 0.15) is 5.76 Å². The van der Waals surface area contributed by atoms with Crippen LogP contribution in [0, 0.1) is 5.41 Å². The highest BCUT2D eigenvalue weighted by Crippen LogP contribution is 2.40. The van der Waals surface area contributed by atoms with Crippen molar-refractivity contribution in [2.24, 2.45) is 5.41 Å². The molecule has 0 amide bonds. The van der Waals surface area contributed by atoms with Crippen LogP contribution in [0.2, 0.25) is 0 Å². The van der Waals surface area contributed by atoms with E-state index in [9.17, 15) is 9.90 Å². The van der Waals surface area contributed by atoms with Gasteiger partial charge in [0.25, 0.3) is 0 Å². The maximum absolute atomic E-state index is 12.2. The number of rotatable bonds is 5. The fraction of sp³-hybridized carbons (Fsp3) is 0.765. The first kappa shape index (κ1) is 18.9. The van der Waals surface area contributed by atoms with Crippen LogP contribution in [0.4, 0.5) is 0 Å². The Labute approximate surface area is 142 Å². The van der Waals surface area contributed by atoms with E-state index in [0.717, 1.165) is 0 Å². The Bertz CT molecular complexity index is 589. The molecule has 24 heavy (non-hydrogen) atoms. The van der Waals surface area contributed by atoms with Crippen molar-refractivity contribution in [2.45, 2.75) is 59.4 Å². The molecule has 136 valence electrons. The minimum atomic E-state index is -1.18. The lowest BCUT2D eigenvalue weighted by molar-refractivity contribution is -0.298. The Hall–Kier alpha value is -1.44. The number of carbonyl (C=O) groups excluding carboxylic acids is 1. The van der Waals surface area contributed by atoms with Crippen LogP contribution in [-0.4, -0.2) is 41.7 Å². The molecular formula is C17H27NO6. The molecule has 1 fully saturated rings. The van der Waals surface area contributed by atoms with E-state index in [1.165, 1.54) is 0 Å². The molecule has 0 unspecified atom stereocenters. The zero-order valence-corrected chi connectivity index (χ0v) is 15.3. The molecule has 7 nitrogen and oxygen atoms in total. The van der Waals surface area contributed by atoms with Gasteiger partial charge in [-0.05, 0) is 27.7 Å². The molecule has 1 aromatic rings. The summed E-state index contributed by atoms with van der Waals surface area (Å²) in [7, 11) is 0. The highest BCUT2D eigenvalue weighted by Gasteiger charge is 2.45. The first-order chi connectivity index (χ1) is 11.0. The molecule has 1 aliphatic heterocycles. The number of hydrogen-bond donors (Lipinski definition) is 1. The van der Waals surface area contributed by atoms with Gasteiger partial charge in [-0.3, -0.25) is 0 Å². The van der Waals surface area contributed by atoms with E-state index in [1.54, 1.807) is 27.7 Å². The predicted molar refractivity (Wildman–Crippen MR) is 85.5 cm³/mol. The molecule has 2 heterocycles. The van der Waals surface area contributed by atoms with E-state index in [-0.39, 0.29) is 24.1 Å². The summed E-state index contributed by atoms with van der Waals surface area (Å²) >= 11 is 0. The average molecular weight is 341 g/mol. The van der Waals surface area contributed by atoms with Crippen LogP contribution in [0.15, 0.2) is 4.52 Å². The Morgan fingerprint density at radius 3 is 2.38 bits per heavy atom. The second kappa shape index (κ2) is 6.46. The second-order valence-corrected chi connectivity index (χ2v) is 7.73. The Morgan fingerprint density at radius 1 is 1.29 bits per heavy atom. The lowest BCUT2D eigenvalue weighted by atomic mass is 9.92. The average Bonchev–Trinajstić information content (AvgIpc) is 2.85. The molecule has 7 heteroatoms. The molecule has 1 aliphatic rings. The number of ether oxygens (including phenoxy) is 3. The lowest BCUT2D eigenvalue weighted by Gasteiger charge is -2.41. The maximum Gasteiger partial charge on any atom is 0.361 e. The van der Waals surface area contributed by atoms with Gasteiger partial charge in [0, 0.05) is 11.8 Å². The summed E-state index contributed by atoms with van der Waals surface area (Å²) in [6, 6.07) is 0. The van der Waals surface area contributed by atoms with Gasteiger partial charge in [-0.1, -0.05) is 19.0 Å². The quantitative estimate of drug-likeness (QED) is 0.822. The van der Waals surface area contributed by atoms with Gasteiger partial charge in [-0.2, -0.15) is 0 Å². The molecule has 0 aliphatic carbocycles. The number of carbonyl (C=O) groups is 1. The van der Waals surface area contributed by atoms with Gasteiger partial charge in [-0.25, -0.2) is 4.79 Å². The van der Waals surface area contributed by atoms with E-state index in [4.69, 9.17) is 18.7 Å². The van der Waals surface area contributed by atoms with E-state index < -0.39 is 17.4 Å². The van der Waals surface area contributed by atoms with Crippen LogP contribution in [0.25, 0.3) is 0 Å². The summed E-state index contributed by atoms with van der Waals surface area (Å²) in [5, 5.41) is 14.0. The summed E-state index contributed by atoms with van der Waals surface area (Å²) in [6.07, 6.45) is 0.167. The number of aromatic nitrogens is 1. The van der Waals surface area contributed by atoms with Crippen molar-refractivity contribution in [3.8, 4) is 0 Å². The molecule has 1 saturated heterocycles. The van der Waals surface area contributed by atoms with Crippen molar-refractivity contribution >= 4 is 5.97 Å². The van der Waals surface area contributed by atoms with Gasteiger partial charge in [-0.15, -0.1) is 0 Å². The third-order valence-corrected chi connectivity index (χ3v) is 3.76. The normalized spacial score (nSPS) is 20.0. The van der Waals surface area contributed by atoms with Crippen LogP contribution in [0.3, 0.4) is 0 Å². The molecule has 1 aromatic heterocycles. The highest BCUT2D eigenvalue weighted by atomic mass is 16.7. The smallest absolute Gasteiger partial charge is 0.361 e. The predicted octanol–water partition coefficient (Wildman–Crippen LogP) is 2.41. The largest absolute Gasteiger partial charge is 0.461 e. The molecular weight excluding hydrogens is 314 g/mol. The van der Waals surface area contributed by atoms with E-state index in [0.29, 0.717) is 24.5 Å². The first-order valence-electron chi connectivity index (χ1n) is 8.14. The minimum Gasteiger partial charge on any atom is -0.461 e. The molecule has 0 atom stereocenters. The third kappa shape index (κ3) is 4.15. The SMILES string of the molecule is CCOC(=O)c1noc(CC(C)(C)O)c1C1(C)OCC(C)(C)CO1. The van der Waals surface area contributed by atoms with Crippen molar-refractivity contribution in [1.29, 1.82) is 0 Å². The zero-order valence-electron chi connectivity index (χ0n) is 15.3. The summed E-state index contributed by atoms with van der Waals surface area (Å²) < 4.78 is 22.3. The molecule has 0 radical (unpaired) electrons.